The van der Waals surface area contributed by atoms with Crippen molar-refractivity contribution in [3.63, 3.8) is 0 Å². The van der Waals surface area contributed by atoms with Gasteiger partial charge in [0.25, 0.3) is 0 Å². The Labute approximate surface area is 208 Å². The smallest absolute Gasteiger partial charge is 0.407 e. The van der Waals surface area contributed by atoms with E-state index in [0.29, 0.717) is 38.9 Å². The first-order valence-electron chi connectivity index (χ1n) is 12.4. The standard InChI is InChI=1S/C28H37N3O4/c1-27(2,3)22-9-5-21(6-10-22)19-24-29-28(14-17-30(18-15-28)26(33)34)25(32)31(24)16-13-20-7-11-23(35-4)12-8-20/h5-12,24,29H,13-19H2,1-4H3,(H,33,34). The van der Waals surface area contributed by atoms with E-state index in [0.717, 1.165) is 17.7 Å². The normalized spacial score (nSPS) is 19.9. The van der Waals surface area contributed by atoms with Crippen LogP contribution in [-0.4, -0.2) is 65.4 Å². The second kappa shape index (κ2) is 9.90. The number of piperidine rings is 1. The number of methoxy groups -OCH3 is 1. The zero-order valence-corrected chi connectivity index (χ0v) is 21.2. The van der Waals surface area contributed by atoms with Crippen LogP contribution in [0.3, 0.4) is 0 Å². The molecule has 0 radical (unpaired) electrons. The molecule has 2 aromatic carbocycles. The average Bonchev–Trinajstić information content (AvgIpc) is 3.08. The van der Waals surface area contributed by atoms with E-state index in [2.05, 4.69) is 50.4 Å². The zero-order chi connectivity index (χ0) is 25.2. The van der Waals surface area contributed by atoms with E-state index in [1.54, 1.807) is 7.11 Å². The number of hydrogen-bond acceptors (Lipinski definition) is 4. The number of hydrogen-bond donors (Lipinski definition) is 2. The SMILES string of the molecule is COc1ccc(CCN2C(=O)C3(CCN(C(=O)O)CC3)NC2Cc2ccc(C(C)(C)C)cc2)cc1. The molecule has 0 saturated carbocycles. The number of amides is 2. The number of ether oxygens (including phenoxy) is 1. The Bertz CT molecular complexity index is 1040. The second-order valence-corrected chi connectivity index (χ2v) is 10.8. The zero-order valence-electron chi connectivity index (χ0n) is 21.2. The highest BCUT2D eigenvalue weighted by Gasteiger charge is 2.52. The number of likely N-dealkylation sites (tertiary alicyclic amines) is 1. The van der Waals surface area contributed by atoms with Gasteiger partial charge in [-0.15, -0.1) is 0 Å². The van der Waals surface area contributed by atoms with E-state index in [9.17, 15) is 14.7 Å². The summed E-state index contributed by atoms with van der Waals surface area (Å²) in [5.41, 5.74) is 3.01. The number of carbonyl (C=O) groups excluding carboxylic acids is 1. The Morgan fingerprint density at radius 3 is 2.20 bits per heavy atom. The van der Waals surface area contributed by atoms with E-state index >= 15 is 0 Å². The lowest BCUT2D eigenvalue weighted by Crippen LogP contribution is -2.56. The lowest BCUT2D eigenvalue weighted by molar-refractivity contribution is -0.134. The summed E-state index contributed by atoms with van der Waals surface area (Å²) in [6.07, 6.45) is 1.40. The van der Waals surface area contributed by atoms with Gasteiger partial charge in [-0.3, -0.25) is 10.1 Å². The molecule has 188 valence electrons. The summed E-state index contributed by atoms with van der Waals surface area (Å²) in [5, 5.41) is 13.0. The Hall–Kier alpha value is -3.06. The molecule has 2 amide bonds. The van der Waals surface area contributed by atoms with Crippen molar-refractivity contribution in [2.75, 3.05) is 26.7 Å². The molecule has 1 unspecified atom stereocenters. The summed E-state index contributed by atoms with van der Waals surface area (Å²) in [4.78, 5) is 28.5. The fourth-order valence-corrected chi connectivity index (χ4v) is 5.14. The molecule has 2 aromatic rings. The van der Waals surface area contributed by atoms with Gasteiger partial charge in [0.2, 0.25) is 5.91 Å². The van der Waals surface area contributed by atoms with Gasteiger partial charge in [0.05, 0.1) is 13.3 Å². The second-order valence-electron chi connectivity index (χ2n) is 10.8. The summed E-state index contributed by atoms with van der Waals surface area (Å²) < 4.78 is 5.26. The highest BCUT2D eigenvalue weighted by molar-refractivity contribution is 5.89. The van der Waals surface area contributed by atoms with E-state index in [1.165, 1.54) is 16.0 Å². The van der Waals surface area contributed by atoms with Crippen molar-refractivity contribution in [1.29, 1.82) is 0 Å². The molecule has 0 aromatic heterocycles. The lowest BCUT2D eigenvalue weighted by atomic mass is 9.86. The fraction of sp³-hybridized carbons (Fsp3) is 0.500. The van der Waals surface area contributed by atoms with Crippen LogP contribution in [0.15, 0.2) is 48.5 Å². The molecule has 1 spiro atoms. The molecule has 7 nitrogen and oxygen atoms in total. The van der Waals surface area contributed by atoms with Gasteiger partial charge in [-0.2, -0.15) is 0 Å². The lowest BCUT2D eigenvalue weighted by Gasteiger charge is -2.36. The van der Waals surface area contributed by atoms with Crippen molar-refractivity contribution in [3.8, 4) is 5.75 Å². The number of carbonyl (C=O) groups is 2. The monoisotopic (exact) mass is 479 g/mol. The molecule has 0 bridgehead atoms. The van der Waals surface area contributed by atoms with Gasteiger partial charge >= 0.3 is 6.09 Å². The summed E-state index contributed by atoms with van der Waals surface area (Å²) in [6.45, 7) is 7.95. The van der Waals surface area contributed by atoms with Gasteiger partial charge in [-0.05, 0) is 53.5 Å². The van der Waals surface area contributed by atoms with E-state index in [1.807, 2.05) is 29.2 Å². The molecule has 7 heteroatoms. The third-order valence-corrected chi connectivity index (χ3v) is 7.43. The summed E-state index contributed by atoms with van der Waals surface area (Å²) in [5.74, 6) is 0.903. The van der Waals surface area contributed by atoms with Crippen LogP contribution >= 0.6 is 0 Å². The van der Waals surface area contributed by atoms with Crippen molar-refractivity contribution in [2.24, 2.45) is 0 Å². The molecular weight excluding hydrogens is 442 g/mol. The van der Waals surface area contributed by atoms with Gasteiger partial charge in [-0.25, -0.2) is 4.79 Å². The molecular formula is C28H37N3O4. The van der Waals surface area contributed by atoms with Gasteiger partial charge in [-0.1, -0.05) is 57.2 Å². The van der Waals surface area contributed by atoms with Gasteiger partial charge in [0, 0.05) is 26.1 Å². The van der Waals surface area contributed by atoms with Gasteiger partial charge in [0.15, 0.2) is 0 Å². The van der Waals surface area contributed by atoms with Crippen LogP contribution in [0.25, 0.3) is 0 Å². The molecule has 2 N–H and O–H groups in total. The number of nitrogens with one attached hydrogen (secondary N) is 1. The summed E-state index contributed by atoms with van der Waals surface area (Å²) >= 11 is 0. The summed E-state index contributed by atoms with van der Waals surface area (Å²) in [7, 11) is 1.65. The molecule has 2 heterocycles. The number of carboxylic acid groups (broad SMARTS) is 1. The highest BCUT2D eigenvalue weighted by atomic mass is 16.5. The fourth-order valence-electron chi connectivity index (χ4n) is 5.14. The van der Waals surface area contributed by atoms with Crippen LogP contribution in [0, 0.1) is 0 Å². The highest BCUT2D eigenvalue weighted by Crippen LogP contribution is 2.33. The maximum atomic E-state index is 13.7. The Kier molecular flexibility index (Phi) is 7.08. The van der Waals surface area contributed by atoms with Crippen LogP contribution in [0.2, 0.25) is 0 Å². The van der Waals surface area contributed by atoms with Gasteiger partial charge < -0.3 is 19.6 Å². The molecule has 35 heavy (non-hydrogen) atoms. The van der Waals surface area contributed by atoms with Crippen LogP contribution in [-0.2, 0) is 23.1 Å². The maximum Gasteiger partial charge on any atom is 0.407 e. The van der Waals surface area contributed by atoms with Crippen molar-refractivity contribution in [2.45, 2.75) is 63.6 Å². The maximum absolute atomic E-state index is 13.7. The molecule has 2 aliphatic heterocycles. The molecule has 2 saturated heterocycles. The molecule has 2 aliphatic rings. The van der Waals surface area contributed by atoms with Crippen LogP contribution in [0.4, 0.5) is 4.79 Å². The first-order valence-corrected chi connectivity index (χ1v) is 12.4. The van der Waals surface area contributed by atoms with E-state index in [4.69, 9.17) is 4.74 Å². The van der Waals surface area contributed by atoms with Crippen molar-refractivity contribution < 1.29 is 19.4 Å². The van der Waals surface area contributed by atoms with Crippen LogP contribution in [0.1, 0.15) is 50.3 Å². The van der Waals surface area contributed by atoms with Crippen LogP contribution < -0.4 is 10.1 Å². The molecule has 4 rings (SSSR count). The van der Waals surface area contributed by atoms with Crippen LogP contribution in [0.5, 0.6) is 5.75 Å². The van der Waals surface area contributed by atoms with E-state index in [-0.39, 0.29) is 17.5 Å². The van der Waals surface area contributed by atoms with E-state index < -0.39 is 11.6 Å². The van der Waals surface area contributed by atoms with Crippen molar-refractivity contribution in [1.82, 2.24) is 15.1 Å². The third kappa shape index (κ3) is 5.45. The van der Waals surface area contributed by atoms with Crippen molar-refractivity contribution >= 4 is 12.0 Å². The first kappa shape index (κ1) is 25.0. The Morgan fingerprint density at radius 2 is 1.66 bits per heavy atom. The first-order chi connectivity index (χ1) is 16.6. The minimum atomic E-state index is -0.919. The number of benzene rings is 2. The molecule has 1 atom stereocenters. The predicted molar refractivity (Wildman–Crippen MR) is 136 cm³/mol. The topological polar surface area (TPSA) is 82.1 Å². The average molecular weight is 480 g/mol. The molecule has 0 aliphatic carbocycles. The Morgan fingerprint density at radius 1 is 1.06 bits per heavy atom. The minimum Gasteiger partial charge on any atom is -0.497 e. The van der Waals surface area contributed by atoms with Crippen molar-refractivity contribution in [3.05, 3.63) is 65.2 Å². The number of rotatable bonds is 6. The predicted octanol–water partition coefficient (Wildman–Crippen LogP) is 4.05. The largest absolute Gasteiger partial charge is 0.497 e. The van der Waals surface area contributed by atoms with Gasteiger partial charge in [0.1, 0.15) is 11.3 Å². The molecule has 2 fully saturated rings. The minimum absolute atomic E-state index is 0.0900. The summed E-state index contributed by atoms with van der Waals surface area (Å²) in [6, 6.07) is 16.6. The third-order valence-electron chi connectivity index (χ3n) is 7.43. The number of nitrogens with zero attached hydrogens (tertiary/aromatic N) is 2. The quantitative estimate of drug-likeness (QED) is 0.653. The Balaban J connectivity index is 1.52.